The smallest absolute Gasteiger partial charge is 0.261 e. The van der Waals surface area contributed by atoms with Crippen LogP contribution in [0, 0.1) is 0 Å². The van der Waals surface area contributed by atoms with Crippen molar-refractivity contribution in [2.45, 2.75) is 62.5 Å². The Balaban J connectivity index is 1.62. The fourth-order valence-corrected chi connectivity index (χ4v) is 11.7. The molecule has 0 unspecified atom stereocenters. The van der Waals surface area contributed by atoms with Gasteiger partial charge in [0.1, 0.15) is 0 Å². The molecule has 2 aromatic carbocycles. The van der Waals surface area contributed by atoms with Crippen LogP contribution >= 0.6 is 23.5 Å². The van der Waals surface area contributed by atoms with E-state index >= 15 is 0 Å². The van der Waals surface area contributed by atoms with Gasteiger partial charge in [-0.3, -0.25) is 0 Å². The van der Waals surface area contributed by atoms with E-state index in [1.54, 1.807) is 0 Å². The number of allylic oxidation sites excluding steroid dienone is 2. The second-order valence-electron chi connectivity index (χ2n) is 9.38. The van der Waals surface area contributed by atoms with E-state index in [9.17, 15) is 4.39 Å². The zero-order chi connectivity index (χ0) is 22.9. The predicted octanol–water partition coefficient (Wildman–Crippen LogP) is 7.17. The third kappa shape index (κ3) is 6.75. The van der Waals surface area contributed by atoms with Crippen molar-refractivity contribution in [1.29, 1.82) is 0 Å². The Morgan fingerprint density at radius 3 is 2.06 bits per heavy atom. The molecule has 5 heteroatoms. The molecule has 1 fully saturated rings. The van der Waals surface area contributed by atoms with Crippen molar-refractivity contribution in [2.75, 3.05) is 18.1 Å². The van der Waals surface area contributed by atoms with E-state index in [-0.39, 0.29) is 10.9 Å². The Morgan fingerprint density at radius 2 is 1.53 bits per heavy atom. The standard InChI is InChI=1S/C27H37FOS2Si/c1-27(2,3)32(24-14-6-4-7-15-24,25-16-8-5-9-17-25)29-20-11-10-13-23(28)18-19-26-30-21-12-22-31-26/h4-9,14-18,26H,10-13,19-22H2,1-3H3/b23-18+. The first-order chi connectivity index (χ1) is 15.4. The van der Waals surface area contributed by atoms with Gasteiger partial charge in [-0.25, -0.2) is 4.39 Å². The van der Waals surface area contributed by atoms with E-state index in [4.69, 9.17) is 4.43 Å². The maximum absolute atomic E-state index is 14.3. The zero-order valence-corrected chi connectivity index (χ0v) is 22.3. The largest absolute Gasteiger partial charge is 0.407 e. The quantitative estimate of drug-likeness (QED) is 0.259. The molecule has 32 heavy (non-hydrogen) atoms. The van der Waals surface area contributed by atoms with Crippen LogP contribution in [0.2, 0.25) is 5.04 Å². The van der Waals surface area contributed by atoms with Crippen LogP contribution in [0.4, 0.5) is 4.39 Å². The van der Waals surface area contributed by atoms with Crippen LogP contribution in [-0.4, -0.2) is 31.0 Å². The first-order valence-electron chi connectivity index (χ1n) is 11.8. The highest BCUT2D eigenvalue weighted by Gasteiger charge is 2.49. The minimum absolute atomic E-state index is 0.0177. The molecule has 2 aromatic rings. The van der Waals surface area contributed by atoms with E-state index in [0.717, 1.165) is 19.3 Å². The van der Waals surface area contributed by atoms with Gasteiger partial charge in [0.2, 0.25) is 0 Å². The summed E-state index contributed by atoms with van der Waals surface area (Å²) in [6, 6.07) is 21.4. The average molecular weight is 489 g/mol. The summed E-state index contributed by atoms with van der Waals surface area (Å²) in [6.07, 6.45) is 6.17. The van der Waals surface area contributed by atoms with Gasteiger partial charge in [-0.1, -0.05) is 87.5 Å². The summed E-state index contributed by atoms with van der Waals surface area (Å²) in [5.41, 5.74) is 0. The van der Waals surface area contributed by atoms with Crippen LogP contribution in [-0.2, 0) is 4.43 Å². The molecule has 1 aliphatic rings. The molecule has 0 radical (unpaired) electrons. The first kappa shape index (κ1) is 25.6. The molecule has 1 heterocycles. The molecular weight excluding hydrogens is 452 g/mol. The highest BCUT2D eigenvalue weighted by Crippen LogP contribution is 2.37. The van der Waals surface area contributed by atoms with Gasteiger partial charge in [-0.15, -0.1) is 23.5 Å². The fraction of sp³-hybridized carbons (Fsp3) is 0.481. The molecule has 174 valence electrons. The number of halogens is 1. The van der Waals surface area contributed by atoms with Gasteiger partial charge in [-0.2, -0.15) is 0 Å². The van der Waals surface area contributed by atoms with Crippen LogP contribution in [0.3, 0.4) is 0 Å². The number of benzene rings is 2. The topological polar surface area (TPSA) is 9.23 Å². The Morgan fingerprint density at radius 1 is 0.969 bits per heavy atom. The van der Waals surface area contributed by atoms with Crippen molar-refractivity contribution in [3.63, 3.8) is 0 Å². The van der Waals surface area contributed by atoms with Crippen molar-refractivity contribution >= 4 is 42.2 Å². The lowest BCUT2D eigenvalue weighted by atomic mass is 10.2. The van der Waals surface area contributed by atoms with E-state index in [2.05, 4.69) is 81.4 Å². The van der Waals surface area contributed by atoms with E-state index in [1.165, 1.54) is 28.3 Å². The van der Waals surface area contributed by atoms with Gasteiger partial charge >= 0.3 is 0 Å². The Kier molecular flexibility index (Phi) is 9.96. The van der Waals surface area contributed by atoms with Gasteiger partial charge in [0.25, 0.3) is 8.32 Å². The van der Waals surface area contributed by atoms with Gasteiger partial charge in [0.15, 0.2) is 0 Å². The van der Waals surface area contributed by atoms with Gasteiger partial charge in [0.05, 0.1) is 10.4 Å². The molecular formula is C27H37FOS2Si. The second-order valence-corrected chi connectivity index (χ2v) is 16.6. The molecule has 1 aliphatic heterocycles. The lowest BCUT2D eigenvalue weighted by Gasteiger charge is -2.43. The number of thioether (sulfide) groups is 2. The number of hydrogen-bond donors (Lipinski definition) is 0. The summed E-state index contributed by atoms with van der Waals surface area (Å²) in [6.45, 7) is 7.55. The predicted molar refractivity (Wildman–Crippen MR) is 145 cm³/mol. The molecule has 3 rings (SSSR count). The molecule has 0 spiro atoms. The van der Waals surface area contributed by atoms with E-state index < -0.39 is 8.32 Å². The van der Waals surface area contributed by atoms with Crippen LogP contribution in [0.15, 0.2) is 72.6 Å². The Bertz CT molecular complexity index is 790. The molecule has 0 saturated carbocycles. The van der Waals surface area contributed by atoms with Crippen molar-refractivity contribution in [1.82, 2.24) is 0 Å². The molecule has 0 N–H and O–H groups in total. The molecule has 0 amide bonds. The number of hydrogen-bond acceptors (Lipinski definition) is 3. The third-order valence-corrected chi connectivity index (χ3v) is 14.0. The number of unbranched alkanes of at least 4 members (excludes halogenated alkanes) is 1. The van der Waals surface area contributed by atoms with Gasteiger partial charge in [0, 0.05) is 6.61 Å². The van der Waals surface area contributed by atoms with Crippen molar-refractivity contribution < 1.29 is 8.82 Å². The Hall–Kier alpha value is -1.01. The Labute approximate surface area is 203 Å². The van der Waals surface area contributed by atoms with Gasteiger partial charge < -0.3 is 4.43 Å². The SMILES string of the molecule is CC(C)(C)[Si](OCCCC/C(F)=C\CC1SCCCS1)(c1ccccc1)c1ccccc1. The van der Waals surface area contributed by atoms with Crippen LogP contribution < -0.4 is 10.4 Å². The number of rotatable bonds is 10. The van der Waals surface area contributed by atoms with Crippen molar-refractivity contribution in [3.8, 4) is 0 Å². The normalized spacial score (nSPS) is 16.3. The minimum atomic E-state index is -2.48. The minimum Gasteiger partial charge on any atom is -0.407 e. The first-order valence-corrected chi connectivity index (χ1v) is 15.8. The monoisotopic (exact) mass is 488 g/mol. The molecule has 0 aromatic heterocycles. The summed E-state index contributed by atoms with van der Waals surface area (Å²) in [4.78, 5) is 0. The van der Waals surface area contributed by atoms with Crippen LogP contribution in [0.1, 0.15) is 52.9 Å². The summed E-state index contributed by atoms with van der Waals surface area (Å²) >= 11 is 3.95. The lowest BCUT2D eigenvalue weighted by Crippen LogP contribution is -2.66. The molecule has 0 atom stereocenters. The lowest BCUT2D eigenvalue weighted by molar-refractivity contribution is 0.287. The highest BCUT2D eigenvalue weighted by molar-refractivity contribution is 8.17. The summed E-state index contributed by atoms with van der Waals surface area (Å²) in [5, 5.41) is 2.58. The average Bonchev–Trinajstić information content (AvgIpc) is 2.81. The van der Waals surface area contributed by atoms with Crippen LogP contribution in [0.25, 0.3) is 0 Å². The zero-order valence-electron chi connectivity index (χ0n) is 19.7. The van der Waals surface area contributed by atoms with Crippen molar-refractivity contribution in [2.24, 2.45) is 0 Å². The third-order valence-electron chi connectivity index (χ3n) is 5.97. The summed E-state index contributed by atoms with van der Waals surface area (Å²) in [7, 11) is -2.48. The van der Waals surface area contributed by atoms with E-state index in [1.807, 2.05) is 29.6 Å². The molecule has 0 aliphatic carbocycles. The molecule has 1 nitrogen and oxygen atoms in total. The fourth-order valence-electron chi connectivity index (χ4n) is 4.38. The molecule has 0 bridgehead atoms. The van der Waals surface area contributed by atoms with Crippen LogP contribution in [0.5, 0.6) is 0 Å². The summed E-state index contributed by atoms with van der Waals surface area (Å²) < 4.78 is 21.8. The maximum atomic E-state index is 14.3. The molecule has 1 saturated heterocycles. The maximum Gasteiger partial charge on any atom is 0.261 e. The van der Waals surface area contributed by atoms with Gasteiger partial charge in [-0.05, 0) is 59.0 Å². The second kappa shape index (κ2) is 12.4. The van der Waals surface area contributed by atoms with Crippen molar-refractivity contribution in [3.05, 3.63) is 72.6 Å². The summed E-state index contributed by atoms with van der Waals surface area (Å²) in [5.74, 6) is 2.47. The van der Waals surface area contributed by atoms with E-state index in [0.29, 0.717) is 17.6 Å². The highest BCUT2D eigenvalue weighted by atomic mass is 32.2.